The van der Waals surface area contributed by atoms with E-state index in [1.807, 2.05) is 42.4 Å². The van der Waals surface area contributed by atoms with Crippen molar-refractivity contribution < 1.29 is 9.47 Å². The number of fused-ring (bicyclic) bond motifs is 7. The Balaban J connectivity index is 1.39. The summed E-state index contributed by atoms with van der Waals surface area (Å²) in [5.74, 6) is 2.43. The van der Waals surface area contributed by atoms with Gasteiger partial charge < -0.3 is 19.3 Å². The van der Waals surface area contributed by atoms with E-state index in [2.05, 4.69) is 70.2 Å². The number of aromatic nitrogens is 2. The Kier molecular flexibility index (Phi) is 9.08. The third kappa shape index (κ3) is 7.35. The van der Waals surface area contributed by atoms with E-state index in [9.17, 15) is 0 Å². The van der Waals surface area contributed by atoms with E-state index in [-0.39, 0.29) is 0 Å². The molecule has 0 saturated carbocycles. The van der Waals surface area contributed by atoms with Crippen LogP contribution >= 0.6 is 0 Å². The summed E-state index contributed by atoms with van der Waals surface area (Å²) in [6.07, 6.45) is 7.08. The Morgan fingerprint density at radius 1 is 0.923 bits per heavy atom. The van der Waals surface area contributed by atoms with Gasteiger partial charge in [-0.3, -0.25) is 9.80 Å². The van der Waals surface area contributed by atoms with Crippen LogP contribution in [0.3, 0.4) is 0 Å². The molecule has 8 heteroatoms. The lowest BCUT2D eigenvalue weighted by atomic mass is 10.1. The maximum Gasteiger partial charge on any atom is 0.230 e. The van der Waals surface area contributed by atoms with Gasteiger partial charge in [0.05, 0.1) is 12.3 Å². The Labute approximate surface area is 232 Å². The molecule has 3 heterocycles. The summed E-state index contributed by atoms with van der Waals surface area (Å²) in [6, 6.07) is 16.4. The van der Waals surface area contributed by atoms with E-state index >= 15 is 0 Å². The van der Waals surface area contributed by atoms with Crippen molar-refractivity contribution in [1.29, 1.82) is 0 Å². The molecule has 2 aromatic carbocycles. The standard InChI is InChI=1S/C31H40N6O2/c1-34-15-17-37(18-16-34)19-21-39-30-11-10-27-22-26(30)24-35(2)14-5-4-6-20-38-28-9-7-8-25(23-28)29-12-13-32-31(33-29)36(27)3/h4-5,7-13,22-23H,6,14-21,24H2,1-3H3/b5-4+. The molecule has 2 aliphatic rings. The molecule has 3 aromatic rings. The Morgan fingerprint density at radius 3 is 2.67 bits per heavy atom. The molecular weight excluding hydrogens is 488 g/mol. The first kappa shape index (κ1) is 27.1. The summed E-state index contributed by atoms with van der Waals surface area (Å²) >= 11 is 0. The maximum absolute atomic E-state index is 6.37. The average molecular weight is 529 g/mol. The van der Waals surface area contributed by atoms with Gasteiger partial charge in [-0.1, -0.05) is 24.3 Å². The van der Waals surface area contributed by atoms with Gasteiger partial charge in [-0.2, -0.15) is 0 Å². The highest BCUT2D eigenvalue weighted by Crippen LogP contribution is 2.30. The zero-order chi connectivity index (χ0) is 27.0. The van der Waals surface area contributed by atoms with Crippen LogP contribution in [0.15, 0.2) is 66.9 Å². The molecule has 0 atom stereocenters. The van der Waals surface area contributed by atoms with E-state index in [1.165, 1.54) is 0 Å². The predicted molar refractivity (Wildman–Crippen MR) is 157 cm³/mol. The molecule has 2 aliphatic heterocycles. The zero-order valence-corrected chi connectivity index (χ0v) is 23.4. The van der Waals surface area contributed by atoms with Gasteiger partial charge in [-0.05, 0) is 56.9 Å². The van der Waals surface area contributed by atoms with E-state index in [4.69, 9.17) is 14.5 Å². The number of piperazine rings is 1. The Bertz CT molecular complexity index is 1260. The van der Waals surface area contributed by atoms with Crippen LogP contribution in [0, 0.1) is 0 Å². The molecule has 39 heavy (non-hydrogen) atoms. The summed E-state index contributed by atoms with van der Waals surface area (Å²) in [6.45, 7) is 8.31. The smallest absolute Gasteiger partial charge is 0.230 e. The molecule has 1 aromatic heterocycles. The number of anilines is 2. The number of hydrogen-bond donors (Lipinski definition) is 0. The first-order chi connectivity index (χ1) is 19.0. The fourth-order valence-corrected chi connectivity index (χ4v) is 4.90. The minimum atomic E-state index is 0.634. The fourth-order valence-electron chi connectivity index (χ4n) is 4.90. The number of ether oxygens (including phenoxy) is 2. The lowest BCUT2D eigenvalue weighted by Gasteiger charge is -2.32. The SMILES string of the molecule is CN1CCN(CCOc2ccc3cc2CN(C)C/C=C/CCOc2cccc(c2)-c2ccnc(n2)N3C)CC1. The Hall–Kier alpha value is -3.46. The van der Waals surface area contributed by atoms with Crippen molar-refractivity contribution in [3.8, 4) is 22.8 Å². The second-order valence-electron chi connectivity index (χ2n) is 10.4. The minimum absolute atomic E-state index is 0.634. The van der Waals surface area contributed by atoms with E-state index < -0.39 is 0 Å². The highest BCUT2D eigenvalue weighted by Gasteiger charge is 2.16. The summed E-state index contributed by atoms with van der Waals surface area (Å²) in [5, 5.41) is 0. The van der Waals surface area contributed by atoms with Crippen LogP contribution in [-0.4, -0.2) is 98.3 Å². The molecule has 1 saturated heterocycles. The van der Waals surface area contributed by atoms with Gasteiger partial charge in [0.15, 0.2) is 0 Å². The van der Waals surface area contributed by atoms with Crippen LogP contribution in [0.1, 0.15) is 12.0 Å². The first-order valence-corrected chi connectivity index (χ1v) is 13.9. The highest BCUT2D eigenvalue weighted by atomic mass is 16.5. The summed E-state index contributed by atoms with van der Waals surface area (Å²) < 4.78 is 12.4. The molecule has 5 rings (SSSR count). The van der Waals surface area contributed by atoms with E-state index in [0.29, 0.717) is 19.2 Å². The largest absolute Gasteiger partial charge is 0.493 e. The number of benzene rings is 2. The second kappa shape index (κ2) is 13.1. The van der Waals surface area contributed by atoms with Crippen LogP contribution in [-0.2, 0) is 6.54 Å². The molecule has 1 fully saturated rings. The van der Waals surface area contributed by atoms with Gasteiger partial charge in [0, 0.05) is 75.9 Å². The third-order valence-corrected chi connectivity index (χ3v) is 7.34. The van der Waals surface area contributed by atoms with Gasteiger partial charge in [0.2, 0.25) is 5.95 Å². The first-order valence-electron chi connectivity index (χ1n) is 13.9. The number of likely N-dealkylation sites (N-methyl/N-ethyl adjacent to an activating group) is 2. The summed E-state index contributed by atoms with van der Waals surface area (Å²) in [5.41, 5.74) is 4.05. The van der Waals surface area contributed by atoms with E-state index in [0.717, 1.165) is 86.2 Å². The molecule has 0 radical (unpaired) electrons. The molecular formula is C31H40N6O2. The van der Waals surface area contributed by atoms with Crippen LogP contribution in [0.25, 0.3) is 11.3 Å². The normalized spacial score (nSPS) is 18.6. The van der Waals surface area contributed by atoms with Crippen LogP contribution < -0.4 is 14.4 Å². The van der Waals surface area contributed by atoms with Gasteiger partial charge >= 0.3 is 0 Å². The summed E-state index contributed by atoms with van der Waals surface area (Å²) in [7, 11) is 6.34. The predicted octanol–water partition coefficient (Wildman–Crippen LogP) is 4.31. The Morgan fingerprint density at radius 2 is 1.79 bits per heavy atom. The maximum atomic E-state index is 6.37. The van der Waals surface area contributed by atoms with Crippen molar-refractivity contribution in [2.75, 3.05) is 78.5 Å². The van der Waals surface area contributed by atoms with Crippen molar-refractivity contribution in [2.24, 2.45) is 0 Å². The molecule has 0 amide bonds. The highest BCUT2D eigenvalue weighted by molar-refractivity contribution is 5.65. The number of rotatable bonds is 4. The molecule has 206 valence electrons. The monoisotopic (exact) mass is 528 g/mol. The number of hydrogen-bond acceptors (Lipinski definition) is 8. The molecule has 6 bridgehead atoms. The van der Waals surface area contributed by atoms with Gasteiger partial charge in [0.1, 0.15) is 18.1 Å². The molecule has 0 aliphatic carbocycles. The van der Waals surface area contributed by atoms with Crippen LogP contribution in [0.5, 0.6) is 11.5 Å². The third-order valence-electron chi connectivity index (χ3n) is 7.34. The fraction of sp³-hybridized carbons (Fsp3) is 0.419. The molecule has 8 nitrogen and oxygen atoms in total. The van der Waals surface area contributed by atoms with Crippen molar-refractivity contribution >= 4 is 11.6 Å². The van der Waals surface area contributed by atoms with Crippen molar-refractivity contribution in [1.82, 2.24) is 24.7 Å². The van der Waals surface area contributed by atoms with Crippen molar-refractivity contribution in [3.05, 3.63) is 72.4 Å². The number of nitrogens with zero attached hydrogens (tertiary/aromatic N) is 6. The van der Waals surface area contributed by atoms with Gasteiger partial charge in [-0.15, -0.1) is 0 Å². The van der Waals surface area contributed by atoms with Gasteiger partial charge in [0.25, 0.3) is 0 Å². The van der Waals surface area contributed by atoms with E-state index in [1.54, 1.807) is 0 Å². The minimum Gasteiger partial charge on any atom is -0.493 e. The lowest BCUT2D eigenvalue weighted by molar-refractivity contribution is 0.133. The lowest BCUT2D eigenvalue weighted by Crippen LogP contribution is -2.45. The molecule has 0 spiro atoms. The van der Waals surface area contributed by atoms with Crippen molar-refractivity contribution in [2.45, 2.75) is 13.0 Å². The van der Waals surface area contributed by atoms with Crippen LogP contribution in [0.2, 0.25) is 0 Å². The molecule has 0 N–H and O–H groups in total. The second-order valence-corrected chi connectivity index (χ2v) is 10.4. The zero-order valence-electron chi connectivity index (χ0n) is 23.4. The van der Waals surface area contributed by atoms with Crippen molar-refractivity contribution in [3.63, 3.8) is 0 Å². The topological polar surface area (TPSA) is 57.2 Å². The van der Waals surface area contributed by atoms with Crippen LogP contribution in [0.4, 0.5) is 11.6 Å². The summed E-state index contributed by atoms with van der Waals surface area (Å²) in [4.78, 5) is 18.7. The molecule has 0 unspecified atom stereocenters. The average Bonchev–Trinajstić information content (AvgIpc) is 2.96. The van der Waals surface area contributed by atoms with Gasteiger partial charge in [-0.25, -0.2) is 9.97 Å². The quantitative estimate of drug-likeness (QED) is 0.465.